The first-order valence-corrected chi connectivity index (χ1v) is 11.5. The number of hydrogen-bond acceptors (Lipinski definition) is 9. The predicted molar refractivity (Wildman–Crippen MR) is 108 cm³/mol. The number of carbonyl (C=O) groups is 2. The molecule has 0 aliphatic carbocycles. The van der Waals surface area contributed by atoms with Gasteiger partial charge in [0, 0.05) is 12.8 Å². The zero-order valence-electron chi connectivity index (χ0n) is 18.3. The fourth-order valence-corrected chi connectivity index (χ4v) is 4.28. The highest BCUT2D eigenvalue weighted by Crippen LogP contribution is 2.53. The van der Waals surface area contributed by atoms with Crippen LogP contribution in [0, 0.1) is 5.41 Å². The maximum Gasteiger partial charge on any atom is 0.534 e. The molecule has 1 aromatic carbocycles. The zero-order valence-corrected chi connectivity index (χ0v) is 19.1. The van der Waals surface area contributed by atoms with Gasteiger partial charge < -0.3 is 23.1 Å². The molecule has 0 amide bonds. The van der Waals surface area contributed by atoms with Gasteiger partial charge in [-0.25, -0.2) is 0 Å². The Balaban J connectivity index is 1.96. The van der Waals surface area contributed by atoms with E-state index in [0.29, 0.717) is 0 Å². The number of hydrogen-bond donors (Lipinski definition) is 0. The van der Waals surface area contributed by atoms with Crippen molar-refractivity contribution in [1.29, 1.82) is 0 Å². The van der Waals surface area contributed by atoms with Gasteiger partial charge in [-0.3, -0.25) is 9.59 Å². The van der Waals surface area contributed by atoms with Gasteiger partial charge in [0.05, 0.1) is 13.7 Å². The van der Waals surface area contributed by atoms with E-state index in [9.17, 15) is 31.2 Å². The molecule has 0 radical (unpaired) electrons. The molecule has 1 spiro atoms. The first kappa shape index (κ1) is 26.0. The molecular weight excluding hydrogens is 485 g/mol. The second-order valence-electron chi connectivity index (χ2n) is 7.94. The quantitative estimate of drug-likeness (QED) is 0.297. The Bertz CT molecular complexity index is 1050. The van der Waals surface area contributed by atoms with Crippen molar-refractivity contribution < 1.29 is 54.3 Å². The molecule has 0 unspecified atom stereocenters. The smallest absolute Gasteiger partial charge is 0.469 e. The van der Waals surface area contributed by atoms with E-state index in [2.05, 4.69) is 8.92 Å². The maximum atomic E-state index is 13.1. The third-order valence-corrected chi connectivity index (χ3v) is 6.76. The summed E-state index contributed by atoms with van der Waals surface area (Å²) in [5.74, 6) is -2.36. The number of benzene rings is 1. The van der Waals surface area contributed by atoms with Crippen LogP contribution < -0.4 is 0 Å². The van der Waals surface area contributed by atoms with Crippen LogP contribution >= 0.6 is 0 Å². The Morgan fingerprint density at radius 3 is 2.53 bits per heavy atom. The van der Waals surface area contributed by atoms with E-state index in [1.807, 2.05) is 0 Å². The highest BCUT2D eigenvalue weighted by molar-refractivity contribution is 7.87. The highest BCUT2D eigenvalue weighted by Gasteiger charge is 2.67. The average Bonchev–Trinajstić information content (AvgIpc) is 3.03. The molecule has 2 aliphatic heterocycles. The van der Waals surface area contributed by atoms with Gasteiger partial charge in [-0.15, -0.1) is 0 Å². The molecule has 34 heavy (non-hydrogen) atoms. The summed E-state index contributed by atoms with van der Waals surface area (Å²) in [4.78, 5) is 24.4. The van der Waals surface area contributed by atoms with Crippen molar-refractivity contribution in [2.75, 3.05) is 13.7 Å². The van der Waals surface area contributed by atoms with E-state index in [1.54, 1.807) is 30.3 Å². The molecule has 3 atom stereocenters. The standard InChI is InChI=1S/C21H23F3O9S/c1-19(11-10-16(25)29-2)18(26)31-13-20(19)15(33-34(27,28)21(22,23)24)8-9-17(32-20)30-12-14-6-4-3-5-7-14/h3-8,17H,9-13H2,1-2H3/t17-,19+,20-/m0/s1. The summed E-state index contributed by atoms with van der Waals surface area (Å²) >= 11 is 0. The van der Waals surface area contributed by atoms with Crippen molar-refractivity contribution in [3.05, 3.63) is 47.7 Å². The Hall–Kier alpha value is -2.64. The molecule has 0 saturated carbocycles. The van der Waals surface area contributed by atoms with E-state index >= 15 is 0 Å². The minimum Gasteiger partial charge on any atom is -0.469 e. The Labute approximate surface area is 193 Å². The van der Waals surface area contributed by atoms with Gasteiger partial charge in [-0.05, 0) is 25.0 Å². The lowest BCUT2D eigenvalue weighted by atomic mass is 9.70. The topological polar surface area (TPSA) is 114 Å². The predicted octanol–water partition coefficient (Wildman–Crippen LogP) is 2.95. The van der Waals surface area contributed by atoms with E-state index in [0.717, 1.165) is 18.7 Å². The van der Waals surface area contributed by atoms with Crippen LogP contribution in [0.15, 0.2) is 42.2 Å². The molecule has 0 N–H and O–H groups in total. The van der Waals surface area contributed by atoms with Crippen molar-refractivity contribution in [3.63, 3.8) is 0 Å². The molecule has 1 aromatic rings. The minimum atomic E-state index is -6.08. The van der Waals surface area contributed by atoms with Crippen molar-refractivity contribution in [3.8, 4) is 0 Å². The number of rotatable bonds is 8. The molecule has 1 saturated heterocycles. The largest absolute Gasteiger partial charge is 0.534 e. The molecule has 3 rings (SSSR count). The lowest BCUT2D eigenvalue weighted by Crippen LogP contribution is -2.56. The van der Waals surface area contributed by atoms with Crippen LogP contribution in [0.1, 0.15) is 31.7 Å². The van der Waals surface area contributed by atoms with Crippen LogP contribution in [0.25, 0.3) is 0 Å². The lowest BCUT2D eigenvalue weighted by molar-refractivity contribution is -0.240. The van der Waals surface area contributed by atoms with Crippen LogP contribution in [0.2, 0.25) is 0 Å². The SMILES string of the molecule is COC(=O)CC[C@]1(C)C(=O)OC[C@@]12O[C@H](OCc1ccccc1)CC=C2OS(=O)(=O)C(F)(F)F. The minimum absolute atomic E-state index is 0.0696. The van der Waals surface area contributed by atoms with Crippen LogP contribution in [0.3, 0.4) is 0 Å². The van der Waals surface area contributed by atoms with Gasteiger partial charge in [0.2, 0.25) is 0 Å². The number of alkyl halides is 3. The van der Waals surface area contributed by atoms with Gasteiger partial charge >= 0.3 is 27.6 Å². The summed E-state index contributed by atoms with van der Waals surface area (Å²) in [6, 6.07) is 8.92. The number of esters is 2. The molecule has 2 heterocycles. The second-order valence-corrected chi connectivity index (χ2v) is 9.48. The second kappa shape index (κ2) is 9.55. The van der Waals surface area contributed by atoms with Crippen LogP contribution in [0.4, 0.5) is 13.2 Å². The van der Waals surface area contributed by atoms with Gasteiger partial charge in [0.25, 0.3) is 0 Å². The molecule has 188 valence electrons. The summed E-state index contributed by atoms with van der Waals surface area (Å²) in [7, 11) is -4.96. The van der Waals surface area contributed by atoms with Crippen molar-refractivity contribution in [2.24, 2.45) is 5.41 Å². The summed E-state index contributed by atoms with van der Waals surface area (Å²) in [5.41, 5.74) is -8.83. The number of carbonyl (C=O) groups excluding carboxylic acids is 2. The number of halogens is 3. The fraction of sp³-hybridized carbons (Fsp3) is 0.524. The van der Waals surface area contributed by atoms with Crippen LogP contribution in [0.5, 0.6) is 0 Å². The first-order valence-electron chi connectivity index (χ1n) is 10.1. The molecule has 0 bridgehead atoms. The first-order chi connectivity index (χ1) is 15.8. The highest BCUT2D eigenvalue weighted by atomic mass is 32.2. The summed E-state index contributed by atoms with van der Waals surface area (Å²) in [5, 5.41) is 0. The molecule has 13 heteroatoms. The Morgan fingerprint density at radius 2 is 1.91 bits per heavy atom. The number of ether oxygens (including phenoxy) is 4. The number of cyclic esters (lactones) is 1. The molecule has 9 nitrogen and oxygen atoms in total. The average molecular weight is 508 g/mol. The molecule has 0 aromatic heterocycles. The molecule has 2 aliphatic rings. The van der Waals surface area contributed by atoms with E-state index in [-0.39, 0.29) is 25.9 Å². The van der Waals surface area contributed by atoms with E-state index in [4.69, 9.17) is 14.2 Å². The van der Waals surface area contributed by atoms with E-state index < -0.39 is 57.2 Å². The Morgan fingerprint density at radius 1 is 1.24 bits per heavy atom. The van der Waals surface area contributed by atoms with Gasteiger partial charge in [-0.1, -0.05) is 30.3 Å². The third kappa shape index (κ3) is 4.91. The van der Waals surface area contributed by atoms with Crippen molar-refractivity contribution in [2.45, 2.75) is 50.2 Å². The summed E-state index contributed by atoms with van der Waals surface area (Å²) in [6.07, 6.45) is -0.772. The van der Waals surface area contributed by atoms with E-state index in [1.165, 1.54) is 6.92 Å². The van der Waals surface area contributed by atoms with Crippen LogP contribution in [-0.2, 0) is 49.4 Å². The number of methoxy groups -OCH3 is 1. The van der Waals surface area contributed by atoms with Gasteiger partial charge in [0.15, 0.2) is 17.7 Å². The lowest BCUT2D eigenvalue weighted by Gasteiger charge is -2.44. The summed E-state index contributed by atoms with van der Waals surface area (Å²) in [6.45, 7) is 0.719. The molecule has 1 fully saturated rings. The Kier molecular flexibility index (Phi) is 7.29. The zero-order chi connectivity index (χ0) is 25.2. The summed E-state index contributed by atoms with van der Waals surface area (Å²) < 4.78 is 88.5. The van der Waals surface area contributed by atoms with Crippen LogP contribution in [-0.4, -0.2) is 51.5 Å². The molecular formula is C21H23F3O9S. The normalized spacial score (nSPS) is 27.3. The fourth-order valence-electron chi connectivity index (χ4n) is 3.75. The van der Waals surface area contributed by atoms with Crippen molar-refractivity contribution in [1.82, 2.24) is 0 Å². The maximum absolute atomic E-state index is 13.1. The van der Waals surface area contributed by atoms with Gasteiger partial charge in [-0.2, -0.15) is 21.6 Å². The van der Waals surface area contributed by atoms with Crippen molar-refractivity contribution >= 4 is 22.1 Å². The third-order valence-electron chi connectivity index (χ3n) is 5.79. The van der Waals surface area contributed by atoms with Gasteiger partial charge in [0.1, 0.15) is 12.0 Å². The monoisotopic (exact) mass is 508 g/mol.